The molecule has 0 aliphatic heterocycles. The number of phosphoric ester groups is 2. The Morgan fingerprint density at radius 1 is 0.297 bits per heavy atom. The van der Waals surface area contributed by atoms with Crippen molar-refractivity contribution in [2.24, 2.45) is 11.8 Å². The lowest BCUT2D eigenvalue weighted by atomic mass is 10.0. The Bertz CT molecular complexity index is 1770. The molecule has 0 radical (unpaired) electrons. The van der Waals surface area contributed by atoms with E-state index in [1.165, 1.54) is 186 Å². The Hall–Kier alpha value is -1.94. The van der Waals surface area contributed by atoms with E-state index in [0.29, 0.717) is 25.7 Å². The first-order valence-electron chi connectivity index (χ1n) is 37.5. The van der Waals surface area contributed by atoms with Crippen molar-refractivity contribution in [3.05, 3.63) is 0 Å². The molecule has 0 fully saturated rings. The molecule has 3 N–H and O–H groups in total. The minimum Gasteiger partial charge on any atom is -0.462 e. The van der Waals surface area contributed by atoms with Crippen molar-refractivity contribution in [3.8, 4) is 0 Å². The normalized spacial score (nSPS) is 14.1. The molecular weight excluding hydrogens is 1200 g/mol. The second kappa shape index (κ2) is 64.1. The van der Waals surface area contributed by atoms with Crippen molar-refractivity contribution >= 4 is 39.5 Å². The summed E-state index contributed by atoms with van der Waals surface area (Å²) in [5, 5.41) is 10.6. The van der Waals surface area contributed by atoms with Gasteiger partial charge in [-0.1, -0.05) is 318 Å². The molecule has 91 heavy (non-hydrogen) atoms. The average molecular weight is 1340 g/mol. The number of esters is 4. The van der Waals surface area contributed by atoms with Gasteiger partial charge in [0.1, 0.15) is 19.3 Å². The molecule has 540 valence electrons. The highest BCUT2D eigenvalue weighted by molar-refractivity contribution is 7.47. The van der Waals surface area contributed by atoms with E-state index < -0.39 is 97.5 Å². The van der Waals surface area contributed by atoms with Crippen molar-refractivity contribution < 1.29 is 80.2 Å². The summed E-state index contributed by atoms with van der Waals surface area (Å²) in [4.78, 5) is 72.6. The summed E-state index contributed by atoms with van der Waals surface area (Å²) in [6.45, 7) is 9.54. The Balaban J connectivity index is 5.22. The standard InChI is InChI=1S/C72H140O17P2/c1-7-9-11-13-15-17-19-26-30-37-43-49-55-70(75)83-60-67(88-71(76)56-50-44-38-31-27-24-22-20-21-23-25-28-34-40-46-52-64(3)4)62-86-90(78,79)84-58-66(73)59-85-91(80,81)87-63-68(61-82-69(74)54-48-42-36-29-18-16-14-12-10-8-2)89-72(77)57-51-45-39-33-32-35-41-47-53-65(5)6/h64-68,73H,7-63H2,1-6H3,(H,78,79)(H,80,81)/t66-,67-,68-/m1/s1. The molecule has 0 aliphatic carbocycles. The van der Waals surface area contributed by atoms with Crippen LogP contribution in [0.1, 0.15) is 369 Å². The zero-order chi connectivity index (χ0) is 67.2. The van der Waals surface area contributed by atoms with E-state index >= 15 is 0 Å². The van der Waals surface area contributed by atoms with Crippen LogP contribution in [0.3, 0.4) is 0 Å². The van der Waals surface area contributed by atoms with Crippen LogP contribution in [0.4, 0.5) is 0 Å². The van der Waals surface area contributed by atoms with Crippen LogP contribution >= 0.6 is 15.6 Å². The van der Waals surface area contributed by atoms with Crippen molar-refractivity contribution in [2.45, 2.75) is 387 Å². The van der Waals surface area contributed by atoms with Gasteiger partial charge in [0.2, 0.25) is 0 Å². The predicted molar refractivity (Wildman–Crippen MR) is 368 cm³/mol. The van der Waals surface area contributed by atoms with E-state index in [1.807, 2.05) is 0 Å². The van der Waals surface area contributed by atoms with Crippen LogP contribution in [0.15, 0.2) is 0 Å². The quantitative estimate of drug-likeness (QED) is 0.0222. The number of hydrogen-bond donors (Lipinski definition) is 3. The van der Waals surface area contributed by atoms with Crippen LogP contribution in [0.25, 0.3) is 0 Å². The highest BCUT2D eigenvalue weighted by Crippen LogP contribution is 2.45. The average Bonchev–Trinajstić information content (AvgIpc) is 2.46. The van der Waals surface area contributed by atoms with Gasteiger partial charge in [-0.15, -0.1) is 0 Å². The van der Waals surface area contributed by atoms with Crippen molar-refractivity contribution in [3.63, 3.8) is 0 Å². The second-order valence-electron chi connectivity index (χ2n) is 26.9. The molecule has 0 heterocycles. The van der Waals surface area contributed by atoms with Gasteiger partial charge >= 0.3 is 39.5 Å². The molecular formula is C72H140O17P2. The summed E-state index contributed by atoms with van der Waals surface area (Å²) in [7, 11) is -9.90. The maximum atomic E-state index is 13.0. The Morgan fingerprint density at radius 3 is 0.747 bits per heavy atom. The predicted octanol–water partition coefficient (Wildman–Crippen LogP) is 20.8. The summed E-state index contributed by atoms with van der Waals surface area (Å²) in [5.74, 6) is -0.601. The molecule has 0 aromatic heterocycles. The minimum absolute atomic E-state index is 0.105. The van der Waals surface area contributed by atoms with Gasteiger partial charge in [0.25, 0.3) is 0 Å². The van der Waals surface area contributed by atoms with E-state index in [4.69, 9.17) is 37.0 Å². The number of carbonyl (C=O) groups excluding carboxylic acids is 4. The third-order valence-electron chi connectivity index (χ3n) is 16.7. The largest absolute Gasteiger partial charge is 0.472 e. The third-order valence-corrected chi connectivity index (χ3v) is 18.6. The number of ether oxygens (including phenoxy) is 4. The van der Waals surface area contributed by atoms with Gasteiger partial charge in [-0.3, -0.25) is 37.3 Å². The number of phosphoric acid groups is 2. The van der Waals surface area contributed by atoms with E-state index in [1.54, 1.807) is 0 Å². The number of rotatable bonds is 71. The van der Waals surface area contributed by atoms with Crippen LogP contribution in [0.2, 0.25) is 0 Å². The third kappa shape index (κ3) is 66.5. The van der Waals surface area contributed by atoms with Crippen molar-refractivity contribution in [2.75, 3.05) is 39.6 Å². The highest BCUT2D eigenvalue weighted by atomic mass is 31.2. The number of carbonyl (C=O) groups is 4. The number of unbranched alkanes of at least 4 members (excludes halogenated alkanes) is 41. The van der Waals surface area contributed by atoms with E-state index in [2.05, 4.69) is 41.5 Å². The van der Waals surface area contributed by atoms with Crippen LogP contribution in [-0.2, 0) is 65.4 Å². The van der Waals surface area contributed by atoms with Crippen LogP contribution in [0.5, 0.6) is 0 Å². The molecule has 19 heteroatoms. The van der Waals surface area contributed by atoms with Gasteiger partial charge in [-0.05, 0) is 37.5 Å². The van der Waals surface area contributed by atoms with Gasteiger partial charge < -0.3 is 33.8 Å². The van der Waals surface area contributed by atoms with Crippen molar-refractivity contribution in [1.82, 2.24) is 0 Å². The molecule has 0 aromatic rings. The second-order valence-corrected chi connectivity index (χ2v) is 29.8. The number of aliphatic hydroxyl groups excluding tert-OH is 1. The molecule has 0 aliphatic rings. The zero-order valence-electron chi connectivity index (χ0n) is 59.1. The Morgan fingerprint density at radius 2 is 0.505 bits per heavy atom. The summed E-state index contributed by atoms with van der Waals surface area (Å²) in [5.41, 5.74) is 0. The van der Waals surface area contributed by atoms with Gasteiger partial charge in [-0.2, -0.15) is 0 Å². The molecule has 0 saturated heterocycles. The fraction of sp³-hybridized carbons (Fsp3) is 0.944. The van der Waals surface area contributed by atoms with Crippen LogP contribution < -0.4 is 0 Å². The van der Waals surface area contributed by atoms with Gasteiger partial charge in [0, 0.05) is 25.7 Å². The van der Waals surface area contributed by atoms with Crippen LogP contribution in [-0.4, -0.2) is 96.7 Å². The maximum Gasteiger partial charge on any atom is 0.472 e. The van der Waals surface area contributed by atoms with E-state index in [9.17, 15) is 43.2 Å². The maximum absolute atomic E-state index is 13.0. The molecule has 0 rings (SSSR count). The SMILES string of the molecule is CCCCCCCCCCCCCCC(=O)OC[C@H](COP(=O)(O)OC[C@@H](O)COP(=O)(O)OC[C@@H](COC(=O)CCCCCCCCCCCC)OC(=O)CCCCCCCCCCC(C)C)OC(=O)CCCCCCCCCCCCCCCCCC(C)C. The van der Waals surface area contributed by atoms with E-state index in [-0.39, 0.29) is 25.7 Å². The highest BCUT2D eigenvalue weighted by Gasteiger charge is 2.30. The monoisotopic (exact) mass is 1340 g/mol. The van der Waals surface area contributed by atoms with Gasteiger partial charge in [-0.25, -0.2) is 9.13 Å². The molecule has 17 nitrogen and oxygen atoms in total. The molecule has 0 spiro atoms. The molecule has 0 bridgehead atoms. The van der Waals surface area contributed by atoms with Gasteiger partial charge in [0.05, 0.1) is 26.4 Å². The minimum atomic E-state index is -4.95. The summed E-state index contributed by atoms with van der Waals surface area (Å²) in [6, 6.07) is 0. The molecule has 0 saturated carbocycles. The lowest BCUT2D eigenvalue weighted by molar-refractivity contribution is -0.161. The molecule has 5 atom stereocenters. The van der Waals surface area contributed by atoms with Crippen LogP contribution in [0, 0.1) is 11.8 Å². The fourth-order valence-corrected chi connectivity index (χ4v) is 12.5. The first-order chi connectivity index (χ1) is 43.9. The first-order valence-corrected chi connectivity index (χ1v) is 40.5. The molecule has 0 aromatic carbocycles. The summed E-state index contributed by atoms with van der Waals surface area (Å²) in [6.07, 6.45) is 49.9. The zero-order valence-corrected chi connectivity index (χ0v) is 60.9. The summed E-state index contributed by atoms with van der Waals surface area (Å²) >= 11 is 0. The van der Waals surface area contributed by atoms with E-state index in [0.717, 1.165) is 102 Å². The molecule has 0 amide bonds. The summed E-state index contributed by atoms with van der Waals surface area (Å²) < 4.78 is 68.3. The van der Waals surface area contributed by atoms with Crippen molar-refractivity contribution in [1.29, 1.82) is 0 Å². The van der Waals surface area contributed by atoms with Gasteiger partial charge in [0.15, 0.2) is 12.2 Å². The Labute approximate surface area is 556 Å². The topological polar surface area (TPSA) is 237 Å². The smallest absolute Gasteiger partial charge is 0.462 e. The molecule has 2 unspecified atom stereocenters. The number of aliphatic hydroxyl groups is 1. The fourth-order valence-electron chi connectivity index (χ4n) is 10.9. The Kier molecular flexibility index (Phi) is 62.7. The number of hydrogen-bond acceptors (Lipinski definition) is 15. The first kappa shape index (κ1) is 89.1. The lowest BCUT2D eigenvalue weighted by Crippen LogP contribution is -2.30. The lowest BCUT2D eigenvalue weighted by Gasteiger charge is -2.21.